The average molecular weight is 319 g/mol. The van der Waals surface area contributed by atoms with Crippen LogP contribution >= 0.6 is 0 Å². The largest absolute Gasteiger partial charge is 0.465 e. The molecule has 0 saturated heterocycles. The van der Waals surface area contributed by atoms with Gasteiger partial charge in [0.15, 0.2) is 0 Å². The molecule has 0 aliphatic rings. The van der Waals surface area contributed by atoms with Crippen LogP contribution in [-0.4, -0.2) is 21.5 Å². The zero-order chi connectivity index (χ0) is 16.3. The molecule has 5 nitrogen and oxygen atoms in total. The number of aryl methyl sites for hydroxylation is 2. The van der Waals surface area contributed by atoms with Crippen LogP contribution in [0.1, 0.15) is 21.5 Å². The summed E-state index contributed by atoms with van der Waals surface area (Å²) in [7, 11) is -2.42. The smallest absolute Gasteiger partial charge is 0.337 e. The third kappa shape index (κ3) is 3.46. The molecule has 0 spiro atoms. The van der Waals surface area contributed by atoms with Gasteiger partial charge in [-0.25, -0.2) is 13.2 Å². The monoisotopic (exact) mass is 319 g/mol. The maximum atomic E-state index is 12.3. The van der Waals surface area contributed by atoms with Gasteiger partial charge in [0.25, 0.3) is 10.0 Å². The van der Waals surface area contributed by atoms with Crippen LogP contribution in [0.25, 0.3) is 0 Å². The van der Waals surface area contributed by atoms with E-state index in [1.54, 1.807) is 12.1 Å². The lowest BCUT2D eigenvalue weighted by molar-refractivity contribution is 0.0600. The van der Waals surface area contributed by atoms with E-state index < -0.39 is 16.0 Å². The Labute approximate surface area is 130 Å². The summed E-state index contributed by atoms with van der Waals surface area (Å²) in [6.45, 7) is 3.87. The van der Waals surface area contributed by atoms with E-state index >= 15 is 0 Å². The van der Waals surface area contributed by atoms with E-state index in [2.05, 4.69) is 9.46 Å². The van der Waals surface area contributed by atoms with Crippen LogP contribution in [-0.2, 0) is 14.8 Å². The van der Waals surface area contributed by atoms with Crippen LogP contribution < -0.4 is 4.72 Å². The van der Waals surface area contributed by atoms with Gasteiger partial charge < -0.3 is 4.74 Å². The second-order valence-electron chi connectivity index (χ2n) is 4.92. The Hall–Kier alpha value is -2.34. The van der Waals surface area contributed by atoms with Crippen LogP contribution in [0, 0.1) is 13.8 Å². The van der Waals surface area contributed by atoms with Crippen molar-refractivity contribution in [2.45, 2.75) is 18.7 Å². The molecule has 0 atom stereocenters. The fourth-order valence-corrected chi connectivity index (χ4v) is 2.96. The highest BCUT2D eigenvalue weighted by atomic mass is 32.2. The summed E-state index contributed by atoms with van der Waals surface area (Å²) in [5.41, 5.74) is 2.89. The molecule has 1 N–H and O–H groups in total. The Morgan fingerprint density at radius 2 is 1.64 bits per heavy atom. The lowest BCUT2D eigenvalue weighted by Gasteiger charge is -2.10. The molecule has 2 aromatic carbocycles. The van der Waals surface area contributed by atoms with E-state index in [4.69, 9.17) is 0 Å². The van der Waals surface area contributed by atoms with Crippen LogP contribution in [0.5, 0.6) is 0 Å². The van der Waals surface area contributed by atoms with Crippen LogP contribution in [0.15, 0.2) is 47.4 Å². The summed E-state index contributed by atoms with van der Waals surface area (Å²) in [6.07, 6.45) is 0. The molecule has 0 aliphatic carbocycles. The van der Waals surface area contributed by atoms with Crippen molar-refractivity contribution in [1.82, 2.24) is 0 Å². The van der Waals surface area contributed by atoms with Crippen LogP contribution in [0.3, 0.4) is 0 Å². The van der Waals surface area contributed by atoms with E-state index in [9.17, 15) is 13.2 Å². The fourth-order valence-electron chi connectivity index (χ4n) is 1.91. The topological polar surface area (TPSA) is 72.5 Å². The number of carbonyl (C=O) groups is 1. The van der Waals surface area contributed by atoms with Gasteiger partial charge in [-0.15, -0.1) is 0 Å². The van der Waals surface area contributed by atoms with E-state index in [-0.39, 0.29) is 4.90 Å². The quantitative estimate of drug-likeness (QED) is 0.880. The number of rotatable bonds is 4. The number of esters is 1. The minimum atomic E-state index is -3.69. The molecular formula is C16H17NO4S. The first-order valence-electron chi connectivity index (χ1n) is 6.62. The van der Waals surface area contributed by atoms with Crippen molar-refractivity contribution >= 4 is 21.7 Å². The van der Waals surface area contributed by atoms with E-state index in [1.165, 1.54) is 31.4 Å². The summed E-state index contributed by atoms with van der Waals surface area (Å²) in [4.78, 5) is 11.4. The molecular weight excluding hydrogens is 302 g/mol. The van der Waals surface area contributed by atoms with Crippen LogP contribution in [0.4, 0.5) is 5.69 Å². The molecule has 0 aromatic heterocycles. The molecule has 116 valence electrons. The highest BCUT2D eigenvalue weighted by molar-refractivity contribution is 7.92. The third-order valence-corrected chi connectivity index (χ3v) is 4.74. The highest BCUT2D eigenvalue weighted by Gasteiger charge is 2.15. The number of benzene rings is 2. The molecule has 0 saturated carbocycles. The molecule has 0 unspecified atom stereocenters. The number of methoxy groups -OCH3 is 1. The first kappa shape index (κ1) is 16.0. The highest BCUT2D eigenvalue weighted by Crippen LogP contribution is 2.19. The minimum absolute atomic E-state index is 0.0818. The Kier molecular flexibility index (Phi) is 4.51. The first-order chi connectivity index (χ1) is 10.3. The lowest BCUT2D eigenvalue weighted by atomic mass is 10.1. The minimum Gasteiger partial charge on any atom is -0.465 e. The van der Waals surface area contributed by atoms with Gasteiger partial charge >= 0.3 is 5.97 Å². The number of sulfonamides is 1. The molecule has 0 fully saturated rings. The predicted molar refractivity (Wildman–Crippen MR) is 84.5 cm³/mol. The number of carbonyl (C=O) groups excluding carboxylic acids is 1. The van der Waals surface area contributed by atoms with Crippen LogP contribution in [0.2, 0.25) is 0 Å². The predicted octanol–water partition coefficient (Wildman–Crippen LogP) is 2.89. The standard InChI is InChI=1S/C16H17NO4S/c1-11-4-7-14(10-12(11)2)17-22(19,20)15-8-5-13(6-9-15)16(18)21-3/h4-10,17H,1-3H3. The normalized spacial score (nSPS) is 11.0. The van der Waals surface area contributed by atoms with Gasteiger partial charge in [-0.2, -0.15) is 0 Å². The molecule has 2 rings (SSSR count). The Morgan fingerprint density at radius 1 is 1.00 bits per heavy atom. The number of hydrogen-bond donors (Lipinski definition) is 1. The summed E-state index contributed by atoms with van der Waals surface area (Å²) in [6, 6.07) is 10.9. The number of hydrogen-bond acceptors (Lipinski definition) is 4. The summed E-state index contributed by atoms with van der Waals surface area (Å²) in [5, 5.41) is 0. The lowest BCUT2D eigenvalue weighted by Crippen LogP contribution is -2.13. The summed E-state index contributed by atoms with van der Waals surface area (Å²) >= 11 is 0. The number of ether oxygens (including phenoxy) is 1. The van der Waals surface area contributed by atoms with E-state index in [0.717, 1.165) is 11.1 Å². The van der Waals surface area contributed by atoms with Crippen molar-refractivity contribution in [3.8, 4) is 0 Å². The van der Waals surface area contributed by atoms with Crippen molar-refractivity contribution in [1.29, 1.82) is 0 Å². The molecule has 22 heavy (non-hydrogen) atoms. The summed E-state index contributed by atoms with van der Waals surface area (Å²) in [5.74, 6) is -0.508. The Balaban J connectivity index is 2.26. The molecule has 0 heterocycles. The van der Waals surface area contributed by atoms with E-state index in [1.807, 2.05) is 19.9 Å². The van der Waals surface area contributed by atoms with Gasteiger partial charge in [0.05, 0.1) is 17.6 Å². The Morgan fingerprint density at radius 3 is 2.18 bits per heavy atom. The average Bonchev–Trinajstić information content (AvgIpc) is 2.50. The molecule has 0 radical (unpaired) electrons. The van der Waals surface area contributed by atoms with Crippen molar-refractivity contribution in [2.24, 2.45) is 0 Å². The van der Waals surface area contributed by atoms with Crippen molar-refractivity contribution < 1.29 is 17.9 Å². The van der Waals surface area contributed by atoms with Gasteiger partial charge in [0.1, 0.15) is 0 Å². The molecule has 2 aromatic rings. The van der Waals surface area contributed by atoms with Gasteiger partial charge in [-0.1, -0.05) is 6.07 Å². The molecule has 6 heteroatoms. The molecule has 0 amide bonds. The van der Waals surface area contributed by atoms with Gasteiger partial charge in [-0.05, 0) is 61.4 Å². The number of nitrogens with one attached hydrogen (secondary N) is 1. The van der Waals surface area contributed by atoms with Gasteiger partial charge in [0.2, 0.25) is 0 Å². The first-order valence-corrected chi connectivity index (χ1v) is 8.10. The van der Waals surface area contributed by atoms with Crippen molar-refractivity contribution in [3.63, 3.8) is 0 Å². The second kappa shape index (κ2) is 6.19. The molecule has 0 aliphatic heterocycles. The van der Waals surface area contributed by atoms with Gasteiger partial charge in [0, 0.05) is 5.69 Å². The molecule has 0 bridgehead atoms. The zero-order valence-electron chi connectivity index (χ0n) is 12.6. The summed E-state index contributed by atoms with van der Waals surface area (Å²) < 4.78 is 31.7. The van der Waals surface area contributed by atoms with Gasteiger partial charge in [-0.3, -0.25) is 4.72 Å². The maximum Gasteiger partial charge on any atom is 0.337 e. The maximum absolute atomic E-state index is 12.3. The second-order valence-corrected chi connectivity index (χ2v) is 6.60. The van der Waals surface area contributed by atoms with E-state index in [0.29, 0.717) is 11.3 Å². The zero-order valence-corrected chi connectivity index (χ0v) is 13.4. The SMILES string of the molecule is COC(=O)c1ccc(S(=O)(=O)Nc2ccc(C)c(C)c2)cc1. The third-order valence-electron chi connectivity index (χ3n) is 3.34. The fraction of sp³-hybridized carbons (Fsp3) is 0.188. The Bertz CT molecular complexity index is 795. The number of anilines is 1. The van der Waals surface area contributed by atoms with Crippen molar-refractivity contribution in [2.75, 3.05) is 11.8 Å². The van der Waals surface area contributed by atoms with Crippen molar-refractivity contribution in [3.05, 3.63) is 59.2 Å².